The van der Waals surface area contributed by atoms with Gasteiger partial charge in [0.1, 0.15) is 17.3 Å². The Balaban J connectivity index is 2.14. The molecule has 2 unspecified atom stereocenters. The van der Waals surface area contributed by atoms with Crippen LogP contribution in [0, 0.1) is 24.1 Å². The molecule has 4 rings (SSSR count). The smallest absolute Gasteiger partial charge is 0.418 e. The van der Waals surface area contributed by atoms with E-state index in [1.54, 1.807) is 12.1 Å². The van der Waals surface area contributed by atoms with Crippen LogP contribution < -0.4 is 15.4 Å². The molecule has 2 aliphatic rings. The molecular weight excluding hydrogens is 592 g/mol. The van der Waals surface area contributed by atoms with Crippen LogP contribution in [-0.2, 0) is 14.3 Å². The van der Waals surface area contributed by atoms with Gasteiger partial charge in [0.25, 0.3) is 0 Å². The number of ether oxygens (including phenoxy) is 3. The SMILES string of the molecule is COCCNC1=C(C(F)(F)F)C(c2cccc(F)c2C)=C(C(=O)c2cccc(OC)c2)CC1(CCOC)C(=O)C1CCCNC1. The van der Waals surface area contributed by atoms with Crippen LogP contribution in [0.15, 0.2) is 59.3 Å². The fourth-order valence-corrected chi connectivity index (χ4v) is 6.41. The first kappa shape index (κ1) is 34.3. The molecule has 0 aromatic heterocycles. The predicted octanol–water partition coefficient (Wildman–Crippen LogP) is 5.83. The minimum atomic E-state index is -5.05. The third-order valence-corrected chi connectivity index (χ3v) is 8.67. The van der Waals surface area contributed by atoms with E-state index in [0.717, 1.165) is 6.07 Å². The van der Waals surface area contributed by atoms with E-state index in [9.17, 15) is 9.59 Å². The number of carbonyl (C=O) groups is 2. The Morgan fingerprint density at radius 3 is 2.44 bits per heavy atom. The van der Waals surface area contributed by atoms with Gasteiger partial charge in [-0.2, -0.15) is 13.2 Å². The van der Waals surface area contributed by atoms with E-state index in [-0.39, 0.29) is 60.6 Å². The lowest BCUT2D eigenvalue weighted by Gasteiger charge is -2.44. The number of hydrogen-bond donors (Lipinski definition) is 2. The summed E-state index contributed by atoms with van der Waals surface area (Å²) in [5.74, 6) is -2.08. The molecule has 1 fully saturated rings. The maximum absolute atomic E-state index is 15.7. The van der Waals surface area contributed by atoms with E-state index in [4.69, 9.17) is 14.2 Å². The highest BCUT2D eigenvalue weighted by molar-refractivity contribution is 6.17. The molecular formula is C34H40F4N2O5. The largest absolute Gasteiger partial charge is 0.497 e. The van der Waals surface area contributed by atoms with Crippen LogP contribution in [0.1, 0.15) is 47.2 Å². The van der Waals surface area contributed by atoms with Crippen molar-refractivity contribution in [3.05, 3.63) is 81.8 Å². The fraction of sp³-hybridized carbons (Fsp3) is 0.471. The molecule has 7 nitrogen and oxygen atoms in total. The molecule has 1 heterocycles. The summed E-state index contributed by atoms with van der Waals surface area (Å²) in [6.07, 6.45) is -4.34. The second kappa shape index (κ2) is 14.7. The molecule has 0 spiro atoms. The molecule has 244 valence electrons. The van der Waals surface area contributed by atoms with E-state index >= 15 is 17.6 Å². The first-order chi connectivity index (χ1) is 21.5. The van der Waals surface area contributed by atoms with Crippen molar-refractivity contribution in [2.45, 2.75) is 38.8 Å². The van der Waals surface area contributed by atoms with Gasteiger partial charge in [0.15, 0.2) is 5.78 Å². The number of rotatable bonds is 13. The van der Waals surface area contributed by atoms with E-state index in [2.05, 4.69) is 10.6 Å². The number of hydrogen-bond acceptors (Lipinski definition) is 7. The summed E-state index contributed by atoms with van der Waals surface area (Å²) in [7, 11) is 4.25. The van der Waals surface area contributed by atoms with Gasteiger partial charge in [-0.25, -0.2) is 4.39 Å². The average molecular weight is 633 g/mol. The monoisotopic (exact) mass is 632 g/mol. The molecule has 1 saturated heterocycles. The Hall–Kier alpha value is -3.54. The number of benzene rings is 2. The molecule has 1 aliphatic carbocycles. The minimum absolute atomic E-state index is 0.0368. The van der Waals surface area contributed by atoms with Gasteiger partial charge >= 0.3 is 6.18 Å². The van der Waals surface area contributed by atoms with Crippen molar-refractivity contribution in [1.29, 1.82) is 0 Å². The highest BCUT2D eigenvalue weighted by atomic mass is 19.4. The first-order valence-electron chi connectivity index (χ1n) is 15.0. The van der Waals surface area contributed by atoms with Gasteiger partial charge in [-0.1, -0.05) is 24.3 Å². The van der Waals surface area contributed by atoms with Crippen molar-refractivity contribution in [1.82, 2.24) is 10.6 Å². The van der Waals surface area contributed by atoms with Crippen molar-refractivity contribution >= 4 is 17.1 Å². The highest BCUT2D eigenvalue weighted by Crippen LogP contribution is 2.55. The lowest BCUT2D eigenvalue weighted by molar-refractivity contribution is -0.133. The number of piperidine rings is 1. The van der Waals surface area contributed by atoms with Crippen molar-refractivity contribution < 1.29 is 41.4 Å². The van der Waals surface area contributed by atoms with Crippen LogP contribution in [0.25, 0.3) is 5.57 Å². The molecule has 0 amide bonds. The quantitative estimate of drug-likeness (QED) is 0.163. The molecule has 1 aliphatic heterocycles. The van der Waals surface area contributed by atoms with Gasteiger partial charge in [0.2, 0.25) is 0 Å². The van der Waals surface area contributed by atoms with Crippen LogP contribution >= 0.6 is 0 Å². The number of nitrogens with one attached hydrogen (secondary N) is 2. The summed E-state index contributed by atoms with van der Waals surface area (Å²) in [6.45, 7) is 2.36. The van der Waals surface area contributed by atoms with Crippen LogP contribution in [0.3, 0.4) is 0 Å². The molecule has 0 radical (unpaired) electrons. The lowest BCUT2D eigenvalue weighted by atomic mass is 9.61. The average Bonchev–Trinajstić information content (AvgIpc) is 3.04. The molecule has 11 heteroatoms. The maximum atomic E-state index is 15.7. The Bertz CT molecular complexity index is 1460. The van der Waals surface area contributed by atoms with Crippen LogP contribution in [0.5, 0.6) is 5.75 Å². The van der Waals surface area contributed by atoms with Gasteiger partial charge in [0, 0.05) is 62.2 Å². The second-order valence-corrected chi connectivity index (χ2v) is 11.4. The zero-order valence-electron chi connectivity index (χ0n) is 26.0. The summed E-state index contributed by atoms with van der Waals surface area (Å²) in [5, 5.41) is 6.12. The number of ketones is 2. The molecule has 2 atom stereocenters. The van der Waals surface area contributed by atoms with Gasteiger partial charge in [0.05, 0.1) is 24.7 Å². The molecule has 2 aromatic rings. The number of alkyl halides is 3. The molecule has 2 aromatic carbocycles. The lowest BCUT2D eigenvalue weighted by Crippen LogP contribution is -2.50. The maximum Gasteiger partial charge on any atom is 0.418 e. The van der Waals surface area contributed by atoms with E-state index in [1.165, 1.54) is 52.5 Å². The summed E-state index contributed by atoms with van der Waals surface area (Å²) in [5.41, 5.74) is -4.03. The van der Waals surface area contributed by atoms with Crippen molar-refractivity contribution in [3.63, 3.8) is 0 Å². The predicted molar refractivity (Wildman–Crippen MR) is 162 cm³/mol. The van der Waals surface area contributed by atoms with Gasteiger partial charge in [-0.3, -0.25) is 9.59 Å². The number of halogens is 4. The standard InChI is InChI=1S/C34H40F4N2O5/c1-21-25(11-6-12-27(21)35)28-26(30(41)22-8-5-10-24(18-22)45-4)19-33(13-16-43-2,32(42)23-9-7-14-39-20-23)31(40-15-17-44-3)29(28)34(36,37)38/h5-6,8,10-12,18,23,39-40H,7,9,13-17,19-20H2,1-4H3. The second-order valence-electron chi connectivity index (χ2n) is 11.4. The van der Waals surface area contributed by atoms with Crippen LogP contribution in [0.4, 0.5) is 17.6 Å². The Labute approximate surface area is 261 Å². The van der Waals surface area contributed by atoms with Crippen LogP contribution in [0.2, 0.25) is 0 Å². The van der Waals surface area contributed by atoms with Crippen molar-refractivity contribution in [2.24, 2.45) is 11.3 Å². The van der Waals surface area contributed by atoms with Crippen LogP contribution in [-0.4, -0.2) is 71.9 Å². The minimum Gasteiger partial charge on any atom is -0.497 e. The highest BCUT2D eigenvalue weighted by Gasteiger charge is 2.55. The van der Waals surface area contributed by atoms with E-state index in [1.807, 2.05) is 0 Å². The molecule has 0 bridgehead atoms. The summed E-state index contributed by atoms with van der Waals surface area (Å²) >= 11 is 0. The summed E-state index contributed by atoms with van der Waals surface area (Å²) < 4.78 is 77.8. The fourth-order valence-electron chi connectivity index (χ4n) is 6.41. The van der Waals surface area contributed by atoms with Crippen molar-refractivity contribution in [2.75, 3.05) is 54.2 Å². The summed E-state index contributed by atoms with van der Waals surface area (Å²) in [4.78, 5) is 29.1. The topological polar surface area (TPSA) is 85.9 Å². The van der Waals surface area contributed by atoms with Crippen molar-refractivity contribution in [3.8, 4) is 5.75 Å². The number of methoxy groups -OCH3 is 3. The Kier molecular flexibility index (Phi) is 11.2. The number of Topliss-reactive ketones (excluding diaryl/α,β-unsaturated/α-hetero) is 2. The third kappa shape index (κ3) is 7.15. The Morgan fingerprint density at radius 1 is 1.07 bits per heavy atom. The normalized spacial score (nSPS) is 20.8. The van der Waals surface area contributed by atoms with Gasteiger partial charge < -0.3 is 24.8 Å². The molecule has 45 heavy (non-hydrogen) atoms. The van der Waals surface area contributed by atoms with Gasteiger partial charge in [-0.05, 0) is 68.5 Å². The number of carbonyl (C=O) groups excluding carboxylic acids is 2. The summed E-state index contributed by atoms with van der Waals surface area (Å²) in [6, 6.07) is 9.96. The molecule has 0 saturated carbocycles. The van der Waals surface area contributed by atoms with E-state index in [0.29, 0.717) is 31.7 Å². The zero-order chi connectivity index (χ0) is 32.8. The Morgan fingerprint density at radius 2 is 1.80 bits per heavy atom. The first-order valence-corrected chi connectivity index (χ1v) is 15.0. The van der Waals surface area contributed by atoms with Gasteiger partial charge in [-0.15, -0.1) is 0 Å². The zero-order valence-corrected chi connectivity index (χ0v) is 26.0. The van der Waals surface area contributed by atoms with E-state index < -0.39 is 46.0 Å². The number of allylic oxidation sites excluding steroid dienone is 4. The molecule has 2 N–H and O–H groups in total. The third-order valence-electron chi connectivity index (χ3n) is 8.67.